The molecule has 130 valence electrons. The SMILES string of the molecule is COc1nc(C(=O)c2cc(OC)c(OC)c(OC)c2)c2sccc2n1. The summed E-state index contributed by atoms with van der Waals surface area (Å²) in [5.74, 6) is 0.929. The molecule has 8 heteroatoms. The predicted octanol–water partition coefficient (Wildman–Crippen LogP) is 2.96. The van der Waals surface area contributed by atoms with Crippen molar-refractivity contribution in [2.24, 2.45) is 0 Å². The van der Waals surface area contributed by atoms with Crippen LogP contribution in [0.25, 0.3) is 10.2 Å². The van der Waals surface area contributed by atoms with Crippen LogP contribution in [0.4, 0.5) is 0 Å². The Hall–Kier alpha value is -2.87. The minimum Gasteiger partial charge on any atom is -0.493 e. The van der Waals surface area contributed by atoms with E-state index in [1.807, 2.05) is 11.4 Å². The highest BCUT2D eigenvalue weighted by Gasteiger charge is 2.22. The summed E-state index contributed by atoms with van der Waals surface area (Å²) in [5.41, 5.74) is 1.30. The highest BCUT2D eigenvalue weighted by atomic mass is 32.1. The van der Waals surface area contributed by atoms with E-state index in [0.717, 1.165) is 0 Å². The lowest BCUT2D eigenvalue weighted by Crippen LogP contribution is -2.08. The van der Waals surface area contributed by atoms with Gasteiger partial charge in [-0.15, -0.1) is 11.3 Å². The number of benzene rings is 1. The molecule has 0 saturated carbocycles. The van der Waals surface area contributed by atoms with Gasteiger partial charge in [0, 0.05) is 5.56 Å². The van der Waals surface area contributed by atoms with E-state index in [-0.39, 0.29) is 17.5 Å². The van der Waals surface area contributed by atoms with Crippen LogP contribution in [-0.2, 0) is 0 Å². The lowest BCUT2D eigenvalue weighted by molar-refractivity contribution is 0.103. The molecule has 0 aliphatic heterocycles. The Kier molecular flexibility index (Phi) is 4.71. The van der Waals surface area contributed by atoms with Crippen molar-refractivity contribution in [2.45, 2.75) is 0 Å². The Morgan fingerprint density at radius 1 is 0.960 bits per heavy atom. The molecule has 0 radical (unpaired) electrons. The van der Waals surface area contributed by atoms with Crippen molar-refractivity contribution >= 4 is 27.3 Å². The molecule has 2 aromatic heterocycles. The van der Waals surface area contributed by atoms with Crippen LogP contribution >= 0.6 is 11.3 Å². The molecular weight excluding hydrogens is 344 g/mol. The molecule has 0 saturated heterocycles. The van der Waals surface area contributed by atoms with Crippen molar-refractivity contribution in [3.8, 4) is 23.3 Å². The van der Waals surface area contributed by atoms with E-state index in [1.165, 1.54) is 39.8 Å². The van der Waals surface area contributed by atoms with Gasteiger partial charge < -0.3 is 18.9 Å². The zero-order valence-corrected chi connectivity index (χ0v) is 15.0. The van der Waals surface area contributed by atoms with Gasteiger partial charge >= 0.3 is 6.01 Å². The Morgan fingerprint density at radius 2 is 1.64 bits per heavy atom. The van der Waals surface area contributed by atoms with E-state index in [2.05, 4.69) is 9.97 Å². The molecule has 0 N–H and O–H groups in total. The van der Waals surface area contributed by atoms with Crippen molar-refractivity contribution in [3.05, 3.63) is 34.8 Å². The van der Waals surface area contributed by atoms with Crippen molar-refractivity contribution in [1.29, 1.82) is 0 Å². The van der Waals surface area contributed by atoms with Crippen molar-refractivity contribution in [2.75, 3.05) is 28.4 Å². The van der Waals surface area contributed by atoms with Crippen LogP contribution in [0.5, 0.6) is 23.3 Å². The van der Waals surface area contributed by atoms with Gasteiger partial charge in [0.1, 0.15) is 5.69 Å². The van der Waals surface area contributed by atoms with Gasteiger partial charge in [0.25, 0.3) is 0 Å². The second kappa shape index (κ2) is 6.94. The van der Waals surface area contributed by atoms with Crippen LogP contribution in [-0.4, -0.2) is 44.2 Å². The van der Waals surface area contributed by atoms with Gasteiger partial charge in [-0.3, -0.25) is 4.79 Å². The molecule has 0 aliphatic rings. The first kappa shape index (κ1) is 17.0. The summed E-state index contributed by atoms with van der Waals surface area (Å²) in [7, 11) is 5.96. The van der Waals surface area contributed by atoms with Crippen molar-refractivity contribution in [1.82, 2.24) is 9.97 Å². The van der Waals surface area contributed by atoms with Crippen molar-refractivity contribution in [3.63, 3.8) is 0 Å². The molecule has 0 atom stereocenters. The Labute approximate surface area is 148 Å². The van der Waals surface area contributed by atoms with Crippen LogP contribution in [0.1, 0.15) is 16.1 Å². The molecule has 0 spiro atoms. The number of thiophene rings is 1. The first-order chi connectivity index (χ1) is 12.1. The van der Waals surface area contributed by atoms with E-state index >= 15 is 0 Å². The first-order valence-corrected chi connectivity index (χ1v) is 8.14. The van der Waals surface area contributed by atoms with Gasteiger partial charge in [0.05, 0.1) is 38.7 Å². The third-order valence-electron chi connectivity index (χ3n) is 3.61. The zero-order chi connectivity index (χ0) is 18.0. The highest BCUT2D eigenvalue weighted by molar-refractivity contribution is 7.17. The molecule has 0 unspecified atom stereocenters. The number of hydrogen-bond acceptors (Lipinski definition) is 8. The Bertz CT molecular complexity index is 913. The maximum absolute atomic E-state index is 13.1. The third-order valence-corrected chi connectivity index (χ3v) is 4.52. The van der Waals surface area contributed by atoms with E-state index in [1.54, 1.807) is 12.1 Å². The summed E-state index contributed by atoms with van der Waals surface area (Å²) in [6.45, 7) is 0. The molecule has 3 rings (SSSR count). The molecule has 0 fully saturated rings. The average Bonchev–Trinajstić information content (AvgIpc) is 3.13. The Morgan fingerprint density at radius 3 is 2.20 bits per heavy atom. The van der Waals surface area contributed by atoms with Gasteiger partial charge in [-0.2, -0.15) is 9.97 Å². The molecule has 25 heavy (non-hydrogen) atoms. The number of fused-ring (bicyclic) bond motifs is 1. The van der Waals surface area contributed by atoms with Crippen molar-refractivity contribution < 1.29 is 23.7 Å². The molecular formula is C17H16N2O5S. The van der Waals surface area contributed by atoms with Crippen LogP contribution in [0.2, 0.25) is 0 Å². The highest BCUT2D eigenvalue weighted by Crippen LogP contribution is 2.39. The van der Waals surface area contributed by atoms with Gasteiger partial charge in [-0.05, 0) is 23.6 Å². The molecule has 0 amide bonds. The maximum Gasteiger partial charge on any atom is 0.317 e. The van der Waals surface area contributed by atoms with Gasteiger partial charge in [-0.1, -0.05) is 0 Å². The first-order valence-electron chi connectivity index (χ1n) is 7.26. The lowest BCUT2D eigenvalue weighted by Gasteiger charge is -2.13. The lowest BCUT2D eigenvalue weighted by atomic mass is 10.1. The monoisotopic (exact) mass is 360 g/mol. The summed E-state index contributed by atoms with van der Waals surface area (Å²) < 4.78 is 21.7. The van der Waals surface area contributed by atoms with Gasteiger partial charge in [-0.25, -0.2) is 0 Å². The standard InChI is InChI=1S/C17H16N2O5S/c1-21-11-7-9(8-12(22-2)15(11)23-3)14(20)13-16-10(5-6-25-16)18-17(19-13)24-4/h5-8H,1-4H3. The number of carbonyl (C=O) groups is 1. The van der Waals surface area contributed by atoms with Crippen LogP contribution in [0.15, 0.2) is 23.6 Å². The van der Waals surface area contributed by atoms with E-state index in [9.17, 15) is 4.79 Å². The topological polar surface area (TPSA) is 79.8 Å². The number of rotatable bonds is 6. The minimum absolute atomic E-state index is 0.140. The van der Waals surface area contributed by atoms with Gasteiger partial charge in [0.15, 0.2) is 11.5 Å². The van der Waals surface area contributed by atoms with Crippen LogP contribution in [0, 0.1) is 0 Å². The summed E-state index contributed by atoms with van der Waals surface area (Å²) in [4.78, 5) is 21.5. The Balaban J connectivity index is 2.17. The van der Waals surface area contributed by atoms with Crippen LogP contribution in [0.3, 0.4) is 0 Å². The summed E-state index contributed by atoms with van der Waals surface area (Å²) in [6, 6.07) is 5.15. The quantitative estimate of drug-likeness (QED) is 0.625. The number of ether oxygens (including phenoxy) is 4. The van der Waals surface area contributed by atoms with Crippen LogP contribution < -0.4 is 18.9 Å². The molecule has 3 aromatic rings. The number of hydrogen-bond donors (Lipinski definition) is 0. The summed E-state index contributed by atoms with van der Waals surface area (Å²) >= 11 is 1.40. The molecule has 0 aliphatic carbocycles. The van der Waals surface area contributed by atoms with E-state index in [0.29, 0.717) is 33.0 Å². The molecule has 0 bridgehead atoms. The zero-order valence-electron chi connectivity index (χ0n) is 14.2. The fraction of sp³-hybridized carbons (Fsp3) is 0.235. The van der Waals surface area contributed by atoms with E-state index < -0.39 is 0 Å². The summed E-state index contributed by atoms with van der Waals surface area (Å²) in [6.07, 6.45) is 0. The predicted molar refractivity (Wildman–Crippen MR) is 93.5 cm³/mol. The third kappa shape index (κ3) is 2.96. The largest absolute Gasteiger partial charge is 0.493 e. The minimum atomic E-state index is -0.285. The number of ketones is 1. The fourth-order valence-electron chi connectivity index (χ4n) is 2.44. The second-order valence-corrected chi connectivity index (χ2v) is 5.85. The number of methoxy groups -OCH3 is 4. The molecule has 2 heterocycles. The normalized spacial score (nSPS) is 10.6. The van der Waals surface area contributed by atoms with Gasteiger partial charge in [0.2, 0.25) is 11.5 Å². The second-order valence-electron chi connectivity index (χ2n) is 4.94. The number of carbonyl (C=O) groups excluding carboxylic acids is 1. The molecule has 1 aromatic carbocycles. The number of aromatic nitrogens is 2. The van der Waals surface area contributed by atoms with E-state index in [4.69, 9.17) is 18.9 Å². The smallest absolute Gasteiger partial charge is 0.317 e. The fourth-order valence-corrected chi connectivity index (χ4v) is 3.25. The molecule has 7 nitrogen and oxygen atoms in total. The summed E-state index contributed by atoms with van der Waals surface area (Å²) in [5, 5.41) is 1.85. The average molecular weight is 360 g/mol. The maximum atomic E-state index is 13.1. The number of nitrogens with zero attached hydrogens (tertiary/aromatic N) is 2.